The maximum atomic E-state index is 13.6. The Balaban J connectivity index is 0.000000168. The number of fused-ring (bicyclic) bond motifs is 3. The molecule has 20 heteroatoms. The minimum Gasteiger partial charge on any atom is -0.478 e. The quantitative estimate of drug-likeness (QED) is 0.0270. The predicted octanol–water partition coefficient (Wildman–Crippen LogP) is 11.7. The average Bonchev–Trinajstić information content (AvgIpc) is 1.63. The summed E-state index contributed by atoms with van der Waals surface area (Å²) in [7, 11) is 0. The Bertz CT molecular complexity index is 4360. The number of H-pyrrole nitrogens is 3. The molecule has 0 saturated carbocycles. The van der Waals surface area contributed by atoms with Crippen molar-refractivity contribution in [2.75, 3.05) is 39.3 Å². The van der Waals surface area contributed by atoms with E-state index in [2.05, 4.69) is 55.2 Å². The number of aryl methyl sites for hydroxylation is 1. The first-order valence-electron chi connectivity index (χ1n) is 31.3. The Kier molecular flexibility index (Phi) is 23.5. The standard InChI is InChI=1S/C28H30N4O3.C26H26F2N4O.C20H23FN4O/c1-17-4-6-18(7-5-17)21-12-13-23-24(15-21)32-26(27(33)31-16-22(30)3-2-14-29)25(23)19-8-10-20(11-9-19)28(34)35;27-19-8-3-16(4-9-19)18-7-12-23-22(14-18)24(17-5-10-20(28)11-6-17)25(32-23)26(33)31-15-21(30)2-1-13-29;21-14-9-7-13(8-10-14)18-16-5-1-2-6-17(16)25-19(18)20(26)24-12-15(23)4-3-11-22/h4-13,15,22,32H,2-3,14,16,29-30H2,1H3,(H,31,33)(H,34,35);3-12,14,21,32H,1-2,13,15,29-30H2,(H,31,33);1-2,5-10,15,25H,3-4,11-12,22-23H2,(H,24,26)/t22-;21-;15-/m100/s1. The zero-order valence-electron chi connectivity index (χ0n) is 52.2. The van der Waals surface area contributed by atoms with Crippen LogP contribution in [-0.4, -0.2) is 101 Å². The fourth-order valence-corrected chi connectivity index (χ4v) is 11.1. The van der Waals surface area contributed by atoms with Gasteiger partial charge in [-0.1, -0.05) is 115 Å². The topological polar surface area (TPSA) is 328 Å². The van der Waals surface area contributed by atoms with E-state index >= 15 is 0 Å². The monoisotopic (exact) mass is 1270 g/mol. The second kappa shape index (κ2) is 32.4. The van der Waals surface area contributed by atoms with Crippen LogP contribution in [0.15, 0.2) is 182 Å². The van der Waals surface area contributed by atoms with Crippen molar-refractivity contribution in [3.63, 3.8) is 0 Å². The van der Waals surface area contributed by atoms with Crippen molar-refractivity contribution in [3.05, 3.63) is 228 Å². The Labute approximate surface area is 542 Å². The number of amides is 3. The molecule has 3 aromatic heterocycles. The second-order valence-electron chi connectivity index (χ2n) is 23.2. The first-order valence-corrected chi connectivity index (χ1v) is 31.3. The number of aromatic amines is 3. The molecule has 17 nitrogen and oxygen atoms in total. The lowest BCUT2D eigenvalue weighted by molar-refractivity contribution is 0.0696. The van der Waals surface area contributed by atoms with Gasteiger partial charge < -0.3 is 70.4 Å². The Hall–Kier alpha value is -10.2. The van der Waals surface area contributed by atoms with E-state index in [-0.39, 0.29) is 58.9 Å². The normalized spacial score (nSPS) is 12.1. The number of hydrogen-bond acceptors (Lipinski definition) is 10. The number of nitrogens with one attached hydrogen (secondary N) is 6. The van der Waals surface area contributed by atoms with E-state index in [0.29, 0.717) is 67.5 Å². The summed E-state index contributed by atoms with van der Waals surface area (Å²) in [5.74, 6) is -2.77. The van der Waals surface area contributed by atoms with Crippen LogP contribution in [0.2, 0.25) is 0 Å². The molecule has 0 aliphatic rings. The lowest BCUT2D eigenvalue weighted by Gasteiger charge is -2.12. The van der Waals surface area contributed by atoms with Gasteiger partial charge in [0.1, 0.15) is 34.5 Å². The van der Waals surface area contributed by atoms with Crippen molar-refractivity contribution >= 4 is 56.4 Å². The van der Waals surface area contributed by atoms with Gasteiger partial charge in [0.05, 0.1) is 5.56 Å². The number of para-hydroxylation sites is 1. The molecule has 0 unspecified atom stereocenters. The lowest BCUT2D eigenvalue weighted by atomic mass is 9.98. The summed E-state index contributed by atoms with van der Waals surface area (Å²) in [4.78, 5) is 60.1. The molecule has 0 bridgehead atoms. The largest absolute Gasteiger partial charge is 0.478 e. The highest BCUT2D eigenvalue weighted by molar-refractivity contribution is 6.12. The molecule has 0 aliphatic heterocycles. The van der Waals surface area contributed by atoms with Gasteiger partial charge in [-0.2, -0.15) is 0 Å². The third kappa shape index (κ3) is 17.3. The molecular weight excluding hydrogens is 1190 g/mol. The maximum absolute atomic E-state index is 13.6. The molecule has 8 aromatic carbocycles. The number of carbonyl (C=O) groups is 4. The number of hydrogen-bond donors (Lipinski definition) is 13. The fraction of sp³-hybridized carbons (Fsp3) is 0.216. The number of rotatable bonds is 24. The van der Waals surface area contributed by atoms with E-state index in [1.165, 1.54) is 42.0 Å². The number of aromatic nitrogens is 3. The number of benzene rings is 8. The minimum absolute atomic E-state index is 0.138. The summed E-state index contributed by atoms with van der Waals surface area (Å²) in [6, 6.07) is 52.1. The molecular formula is C74H79F3N12O5. The highest BCUT2D eigenvalue weighted by Crippen LogP contribution is 2.38. The predicted molar refractivity (Wildman–Crippen MR) is 369 cm³/mol. The van der Waals surface area contributed by atoms with Crippen LogP contribution in [0.5, 0.6) is 0 Å². The minimum atomic E-state index is -0.998. The van der Waals surface area contributed by atoms with Crippen LogP contribution in [0.25, 0.3) is 88.3 Å². The van der Waals surface area contributed by atoms with Gasteiger partial charge in [-0.05, 0) is 177 Å². The number of halogens is 3. The Morgan fingerprint density at radius 3 is 1.18 bits per heavy atom. The highest BCUT2D eigenvalue weighted by Gasteiger charge is 2.24. The van der Waals surface area contributed by atoms with Crippen LogP contribution < -0.4 is 50.4 Å². The highest BCUT2D eigenvalue weighted by atomic mass is 19.1. The molecule has 3 heterocycles. The second-order valence-corrected chi connectivity index (χ2v) is 23.2. The van der Waals surface area contributed by atoms with Crippen molar-refractivity contribution in [1.29, 1.82) is 0 Å². The van der Waals surface area contributed by atoms with Gasteiger partial charge in [-0.15, -0.1) is 0 Å². The number of nitrogens with two attached hydrogens (primary N) is 6. The van der Waals surface area contributed by atoms with Gasteiger partial charge in [0, 0.05) is 87.2 Å². The van der Waals surface area contributed by atoms with Crippen molar-refractivity contribution in [3.8, 4) is 55.6 Å². The van der Waals surface area contributed by atoms with Gasteiger partial charge >= 0.3 is 5.97 Å². The molecule has 3 amide bonds. The molecule has 0 spiro atoms. The van der Waals surface area contributed by atoms with Crippen molar-refractivity contribution < 1.29 is 37.5 Å². The van der Waals surface area contributed by atoms with E-state index < -0.39 is 5.97 Å². The van der Waals surface area contributed by atoms with Crippen LogP contribution in [0.4, 0.5) is 13.2 Å². The van der Waals surface area contributed by atoms with Crippen molar-refractivity contribution in [1.82, 2.24) is 30.9 Å². The molecule has 19 N–H and O–H groups in total. The molecule has 11 aromatic rings. The van der Waals surface area contributed by atoms with Crippen LogP contribution in [0, 0.1) is 24.4 Å². The van der Waals surface area contributed by atoms with E-state index in [4.69, 9.17) is 34.4 Å². The Morgan fingerprint density at radius 2 is 0.745 bits per heavy atom. The summed E-state index contributed by atoms with van der Waals surface area (Å²) in [6.07, 6.45) is 4.61. The van der Waals surface area contributed by atoms with Crippen LogP contribution in [-0.2, 0) is 0 Å². The smallest absolute Gasteiger partial charge is 0.335 e. The summed E-state index contributed by atoms with van der Waals surface area (Å²) in [5, 5.41) is 20.6. The SMILES string of the molecule is Cc1ccc(-c2ccc3c(-c4ccc(C(=O)O)cc4)c(C(=O)NC[C@H](N)CCCN)[nH]c3c2)cc1.NCCC[C@H](N)CNC(=O)c1[nH]c2ccc(-c3ccc(F)cc3)cc2c1-c1ccc(F)cc1.NCCC[C@H](N)CNC(=O)c1[nH]c2ccccc2c1-c1ccc(F)cc1. The summed E-state index contributed by atoms with van der Waals surface area (Å²) in [5.41, 5.74) is 48.0. The number of carboxylic acids is 1. The zero-order chi connectivity index (χ0) is 66.8. The first-order chi connectivity index (χ1) is 45.4. The number of aromatic carboxylic acids is 1. The van der Waals surface area contributed by atoms with Gasteiger partial charge in [-0.25, -0.2) is 18.0 Å². The Morgan fingerprint density at radius 1 is 0.404 bits per heavy atom. The fourth-order valence-electron chi connectivity index (χ4n) is 11.1. The molecule has 3 atom stereocenters. The van der Waals surface area contributed by atoms with Crippen LogP contribution >= 0.6 is 0 Å². The first kappa shape index (κ1) is 68.2. The third-order valence-corrected chi connectivity index (χ3v) is 16.1. The molecule has 11 rings (SSSR count). The summed E-state index contributed by atoms with van der Waals surface area (Å²) in [6.45, 7) is 4.76. The molecule has 0 fully saturated rings. The molecule has 486 valence electrons. The molecule has 0 aliphatic carbocycles. The molecule has 0 radical (unpaired) electrons. The lowest BCUT2D eigenvalue weighted by Crippen LogP contribution is -2.37. The van der Waals surface area contributed by atoms with Gasteiger partial charge in [0.2, 0.25) is 0 Å². The third-order valence-electron chi connectivity index (χ3n) is 16.1. The van der Waals surface area contributed by atoms with E-state index in [1.54, 1.807) is 60.7 Å². The van der Waals surface area contributed by atoms with Gasteiger partial charge in [0.25, 0.3) is 17.7 Å². The summed E-state index contributed by atoms with van der Waals surface area (Å²) >= 11 is 0. The van der Waals surface area contributed by atoms with Gasteiger partial charge in [-0.3, -0.25) is 14.4 Å². The zero-order valence-corrected chi connectivity index (χ0v) is 52.2. The van der Waals surface area contributed by atoms with E-state index in [1.807, 2.05) is 67.6 Å². The van der Waals surface area contributed by atoms with Crippen molar-refractivity contribution in [2.45, 2.75) is 63.6 Å². The average molecular weight is 1270 g/mol. The summed E-state index contributed by atoms with van der Waals surface area (Å²) < 4.78 is 40.3. The van der Waals surface area contributed by atoms with Crippen LogP contribution in [0.3, 0.4) is 0 Å². The van der Waals surface area contributed by atoms with Gasteiger partial charge in [0.15, 0.2) is 0 Å². The maximum Gasteiger partial charge on any atom is 0.335 e. The van der Waals surface area contributed by atoms with E-state index in [9.17, 15) is 37.5 Å². The van der Waals surface area contributed by atoms with Crippen LogP contribution in [0.1, 0.15) is 85.9 Å². The van der Waals surface area contributed by atoms with Crippen molar-refractivity contribution in [2.24, 2.45) is 34.4 Å². The number of carbonyl (C=O) groups excluding carboxylic acids is 3. The molecule has 0 saturated heterocycles. The van der Waals surface area contributed by atoms with E-state index in [0.717, 1.165) is 116 Å². The molecule has 94 heavy (non-hydrogen) atoms. The number of carboxylic acid groups (broad SMARTS) is 1.